The predicted octanol–water partition coefficient (Wildman–Crippen LogP) is 3.92. The smallest absolute Gasteiger partial charge is 0.412 e. The van der Waals surface area contributed by atoms with Gasteiger partial charge in [-0.15, -0.1) is 11.3 Å². The molecule has 0 spiro atoms. The van der Waals surface area contributed by atoms with Crippen molar-refractivity contribution in [3.05, 3.63) is 28.1 Å². The molecule has 4 rings (SSSR count). The molecule has 2 aromatic rings. The fraction of sp³-hybridized carbons (Fsp3) is 0.450. The molecule has 28 heavy (non-hydrogen) atoms. The van der Waals surface area contributed by atoms with E-state index in [0.717, 1.165) is 43.2 Å². The van der Waals surface area contributed by atoms with E-state index in [0.29, 0.717) is 22.1 Å². The zero-order valence-corrected chi connectivity index (χ0v) is 16.7. The van der Waals surface area contributed by atoms with Crippen LogP contribution in [0.25, 0.3) is 11.3 Å². The molecule has 7 nitrogen and oxygen atoms in total. The van der Waals surface area contributed by atoms with Crippen LogP contribution in [0.3, 0.4) is 0 Å². The lowest BCUT2D eigenvalue weighted by Crippen LogP contribution is -2.41. The van der Waals surface area contributed by atoms with Crippen LogP contribution < -0.4 is 15.0 Å². The van der Waals surface area contributed by atoms with Gasteiger partial charge < -0.3 is 15.2 Å². The second-order valence-electron chi connectivity index (χ2n) is 7.27. The molecule has 1 aliphatic carbocycles. The van der Waals surface area contributed by atoms with Crippen molar-refractivity contribution in [3.8, 4) is 17.0 Å². The maximum atomic E-state index is 11.9. The summed E-state index contributed by atoms with van der Waals surface area (Å²) in [5.41, 5.74) is 3.10. The molecule has 1 saturated carbocycles. The van der Waals surface area contributed by atoms with E-state index in [1.54, 1.807) is 7.05 Å². The van der Waals surface area contributed by atoms with Crippen LogP contribution in [0.5, 0.6) is 5.75 Å². The molecule has 0 radical (unpaired) electrons. The molecule has 1 fully saturated rings. The fourth-order valence-electron chi connectivity index (χ4n) is 3.70. The van der Waals surface area contributed by atoms with Gasteiger partial charge in [0.25, 0.3) is 5.91 Å². The van der Waals surface area contributed by atoms with E-state index < -0.39 is 6.09 Å². The Balaban J connectivity index is 1.81. The Morgan fingerprint density at radius 3 is 2.75 bits per heavy atom. The lowest BCUT2D eigenvalue weighted by Gasteiger charge is -2.36. The molecule has 0 bridgehead atoms. The molecular formula is C20H23N3O4S. The molecule has 2 heterocycles. The first-order valence-electron chi connectivity index (χ1n) is 9.52. The predicted molar refractivity (Wildman–Crippen MR) is 107 cm³/mol. The van der Waals surface area contributed by atoms with Crippen LogP contribution in [0, 0.1) is 0 Å². The lowest BCUT2D eigenvalue weighted by molar-refractivity contribution is 0.0962. The average Bonchev–Trinajstić information content (AvgIpc) is 3.13. The minimum atomic E-state index is -0.952. The number of anilines is 1. The van der Waals surface area contributed by atoms with Gasteiger partial charge in [-0.05, 0) is 51.2 Å². The third-order valence-electron chi connectivity index (χ3n) is 5.49. The minimum absolute atomic E-state index is 0.0773. The topological polar surface area (TPSA) is 91.8 Å². The molecule has 1 aromatic carbocycles. The molecule has 148 valence electrons. The molecule has 0 saturated heterocycles. The average molecular weight is 401 g/mol. The monoisotopic (exact) mass is 401 g/mol. The Kier molecular flexibility index (Phi) is 4.97. The van der Waals surface area contributed by atoms with Crippen LogP contribution in [0.4, 0.5) is 10.5 Å². The van der Waals surface area contributed by atoms with Gasteiger partial charge in [0.15, 0.2) is 5.01 Å². The second-order valence-corrected chi connectivity index (χ2v) is 8.13. The number of carbonyl (C=O) groups excluding carboxylic acids is 1. The minimum Gasteiger partial charge on any atom is -0.489 e. The molecule has 2 aliphatic rings. The Bertz CT molecular complexity index is 922. The van der Waals surface area contributed by atoms with Crippen LogP contribution in [0.2, 0.25) is 0 Å². The SMILES string of the molecule is CNC(=O)c1nc(-c2ccc3c(c2OC2CCC2)CC[C@H](C)N3C(=O)O)cs1. The van der Waals surface area contributed by atoms with Crippen molar-refractivity contribution in [2.45, 2.75) is 51.2 Å². The van der Waals surface area contributed by atoms with Crippen molar-refractivity contribution in [1.82, 2.24) is 10.3 Å². The third kappa shape index (κ3) is 3.22. The van der Waals surface area contributed by atoms with Gasteiger partial charge in [-0.25, -0.2) is 9.78 Å². The summed E-state index contributed by atoms with van der Waals surface area (Å²) in [4.78, 5) is 29.6. The van der Waals surface area contributed by atoms with Crippen LogP contribution in [-0.4, -0.2) is 41.3 Å². The molecule has 1 aliphatic heterocycles. The molecule has 8 heteroatoms. The van der Waals surface area contributed by atoms with Gasteiger partial charge >= 0.3 is 6.09 Å². The Morgan fingerprint density at radius 1 is 1.32 bits per heavy atom. The number of ether oxygens (including phenoxy) is 1. The summed E-state index contributed by atoms with van der Waals surface area (Å²) >= 11 is 1.28. The molecule has 2 amide bonds. The number of carboxylic acid groups (broad SMARTS) is 1. The summed E-state index contributed by atoms with van der Waals surface area (Å²) in [7, 11) is 1.58. The molecule has 0 unspecified atom stereocenters. The first-order chi connectivity index (χ1) is 13.5. The molecule has 1 atom stereocenters. The number of amides is 2. The van der Waals surface area contributed by atoms with Gasteiger partial charge in [0.1, 0.15) is 5.75 Å². The van der Waals surface area contributed by atoms with Crippen LogP contribution in [0.1, 0.15) is 48.0 Å². The Hall–Kier alpha value is -2.61. The lowest BCUT2D eigenvalue weighted by atomic mass is 9.92. The molecule has 1 aromatic heterocycles. The highest BCUT2D eigenvalue weighted by atomic mass is 32.1. The van der Waals surface area contributed by atoms with Crippen LogP contribution in [0.15, 0.2) is 17.5 Å². The first-order valence-corrected chi connectivity index (χ1v) is 10.4. The van der Waals surface area contributed by atoms with Gasteiger partial charge in [0, 0.05) is 29.6 Å². The number of carbonyl (C=O) groups is 2. The van der Waals surface area contributed by atoms with E-state index in [1.165, 1.54) is 16.2 Å². The zero-order valence-electron chi connectivity index (χ0n) is 15.9. The highest BCUT2D eigenvalue weighted by Crippen LogP contribution is 2.44. The van der Waals surface area contributed by atoms with E-state index in [9.17, 15) is 14.7 Å². The number of rotatable bonds is 4. The van der Waals surface area contributed by atoms with Gasteiger partial charge in [0.2, 0.25) is 0 Å². The van der Waals surface area contributed by atoms with E-state index in [2.05, 4.69) is 10.3 Å². The summed E-state index contributed by atoms with van der Waals surface area (Å²) in [6, 6.07) is 3.62. The van der Waals surface area contributed by atoms with Gasteiger partial charge in [0.05, 0.1) is 17.5 Å². The summed E-state index contributed by atoms with van der Waals surface area (Å²) in [5, 5.41) is 14.5. The van der Waals surface area contributed by atoms with Crippen molar-refractivity contribution >= 4 is 29.0 Å². The van der Waals surface area contributed by atoms with Crippen molar-refractivity contribution < 1.29 is 19.4 Å². The number of hydrogen-bond acceptors (Lipinski definition) is 5. The number of hydrogen-bond donors (Lipinski definition) is 2. The molecular weight excluding hydrogens is 378 g/mol. The maximum absolute atomic E-state index is 11.9. The summed E-state index contributed by atoms with van der Waals surface area (Å²) in [6.45, 7) is 1.92. The summed E-state index contributed by atoms with van der Waals surface area (Å²) < 4.78 is 6.34. The fourth-order valence-corrected chi connectivity index (χ4v) is 4.46. The van der Waals surface area contributed by atoms with Gasteiger partial charge in [-0.3, -0.25) is 9.69 Å². The van der Waals surface area contributed by atoms with Crippen molar-refractivity contribution in [3.63, 3.8) is 0 Å². The van der Waals surface area contributed by atoms with E-state index in [-0.39, 0.29) is 18.1 Å². The number of aromatic nitrogens is 1. The zero-order chi connectivity index (χ0) is 19.8. The first kappa shape index (κ1) is 18.7. The number of fused-ring (bicyclic) bond motifs is 1. The van der Waals surface area contributed by atoms with Crippen LogP contribution in [-0.2, 0) is 6.42 Å². The quantitative estimate of drug-likeness (QED) is 0.810. The molecule has 2 N–H and O–H groups in total. The van der Waals surface area contributed by atoms with E-state index in [1.807, 2.05) is 24.4 Å². The standard InChI is InChI=1S/C20H23N3O4S/c1-11-6-7-14-16(23(11)20(25)26)9-8-13(17(14)27-12-4-3-5-12)15-10-28-19(22-15)18(24)21-2/h8-12H,3-7H2,1-2H3,(H,21,24)(H,25,26)/t11-/m0/s1. The van der Waals surface area contributed by atoms with Crippen molar-refractivity contribution in [2.75, 3.05) is 11.9 Å². The van der Waals surface area contributed by atoms with Crippen LogP contribution >= 0.6 is 11.3 Å². The number of thiazole rings is 1. The maximum Gasteiger partial charge on any atom is 0.412 e. The summed E-state index contributed by atoms with van der Waals surface area (Å²) in [5.74, 6) is 0.496. The van der Waals surface area contributed by atoms with E-state index >= 15 is 0 Å². The largest absolute Gasteiger partial charge is 0.489 e. The number of nitrogens with one attached hydrogen (secondary N) is 1. The highest BCUT2D eigenvalue weighted by molar-refractivity contribution is 7.12. The van der Waals surface area contributed by atoms with E-state index in [4.69, 9.17) is 4.74 Å². The third-order valence-corrected chi connectivity index (χ3v) is 6.33. The number of benzene rings is 1. The van der Waals surface area contributed by atoms with Crippen molar-refractivity contribution in [2.24, 2.45) is 0 Å². The van der Waals surface area contributed by atoms with Crippen molar-refractivity contribution in [1.29, 1.82) is 0 Å². The van der Waals surface area contributed by atoms with Gasteiger partial charge in [-0.2, -0.15) is 0 Å². The highest BCUT2D eigenvalue weighted by Gasteiger charge is 2.33. The second kappa shape index (κ2) is 7.43. The van der Waals surface area contributed by atoms with Gasteiger partial charge in [-0.1, -0.05) is 0 Å². The Labute approximate surface area is 167 Å². The Morgan fingerprint density at radius 2 is 2.11 bits per heavy atom. The summed E-state index contributed by atoms with van der Waals surface area (Å²) in [6.07, 6.45) is 3.84. The normalized spacial score (nSPS) is 18.9. The number of nitrogens with zero attached hydrogens (tertiary/aromatic N) is 2.